The Morgan fingerprint density at radius 3 is 2.76 bits per heavy atom. The lowest BCUT2D eigenvalue weighted by atomic mass is 10.2. The number of carbonyl (C=O) groups is 1. The lowest BCUT2D eigenvalue weighted by Gasteiger charge is -2.07. The third-order valence-corrected chi connectivity index (χ3v) is 2.73. The largest absolute Gasteiger partial charge is 0.384 e. The molecule has 0 unspecified atom stereocenters. The number of rotatable bonds is 6. The maximum atomic E-state index is 10.5. The van der Waals surface area contributed by atoms with Crippen molar-refractivity contribution in [3.05, 3.63) is 32.8 Å². The van der Waals surface area contributed by atoms with E-state index in [4.69, 9.17) is 5.73 Å². The summed E-state index contributed by atoms with van der Waals surface area (Å²) >= 11 is 3.24. The predicted octanol–water partition coefficient (Wildman–Crippen LogP) is 2.03. The van der Waals surface area contributed by atoms with Crippen LogP contribution < -0.4 is 11.1 Å². The molecule has 1 amide bonds. The van der Waals surface area contributed by atoms with E-state index in [-0.39, 0.29) is 11.6 Å². The van der Waals surface area contributed by atoms with E-state index in [0.717, 1.165) is 5.69 Å². The maximum absolute atomic E-state index is 10.5. The molecule has 0 aromatic heterocycles. The van der Waals surface area contributed by atoms with Crippen molar-refractivity contribution in [2.45, 2.75) is 12.8 Å². The number of non-ortho nitro benzene ring substituents is 1. The first kappa shape index (κ1) is 13.4. The molecule has 6 nitrogen and oxygen atoms in total. The Hall–Kier alpha value is -1.63. The number of nitrogens with two attached hydrogens (primary N) is 1. The van der Waals surface area contributed by atoms with Gasteiger partial charge in [-0.25, -0.2) is 0 Å². The molecule has 0 bridgehead atoms. The second-order valence-electron chi connectivity index (χ2n) is 3.42. The van der Waals surface area contributed by atoms with Gasteiger partial charge in [0.05, 0.1) is 4.92 Å². The SMILES string of the molecule is NC(=O)CCCNc1ccc([N+](=O)[O-])cc1Br. The van der Waals surface area contributed by atoms with Crippen LogP contribution in [-0.4, -0.2) is 17.4 Å². The number of nitrogens with zero attached hydrogens (tertiary/aromatic N) is 1. The Bertz CT molecular complexity index is 437. The van der Waals surface area contributed by atoms with Crippen molar-refractivity contribution in [2.24, 2.45) is 5.73 Å². The van der Waals surface area contributed by atoms with E-state index in [1.54, 1.807) is 6.07 Å². The molecule has 0 aliphatic carbocycles. The molecule has 0 atom stereocenters. The van der Waals surface area contributed by atoms with Crippen LogP contribution in [-0.2, 0) is 4.79 Å². The number of primary amides is 1. The normalized spacial score (nSPS) is 9.94. The van der Waals surface area contributed by atoms with Crippen LogP contribution in [0.3, 0.4) is 0 Å². The molecule has 7 heteroatoms. The van der Waals surface area contributed by atoms with Gasteiger partial charge in [-0.05, 0) is 28.4 Å². The first-order valence-electron chi connectivity index (χ1n) is 4.97. The highest BCUT2D eigenvalue weighted by Gasteiger charge is 2.08. The van der Waals surface area contributed by atoms with Gasteiger partial charge in [0.1, 0.15) is 0 Å². The molecule has 0 heterocycles. The molecule has 0 saturated carbocycles. The predicted molar refractivity (Wildman–Crippen MR) is 67.7 cm³/mol. The Kier molecular flexibility index (Phi) is 4.89. The van der Waals surface area contributed by atoms with Crippen LogP contribution in [0.25, 0.3) is 0 Å². The van der Waals surface area contributed by atoms with E-state index in [1.165, 1.54) is 12.1 Å². The fourth-order valence-electron chi connectivity index (χ4n) is 1.25. The summed E-state index contributed by atoms with van der Waals surface area (Å²) in [4.78, 5) is 20.6. The van der Waals surface area contributed by atoms with E-state index in [9.17, 15) is 14.9 Å². The van der Waals surface area contributed by atoms with Gasteiger partial charge in [0.15, 0.2) is 0 Å². The minimum Gasteiger partial charge on any atom is -0.384 e. The summed E-state index contributed by atoms with van der Waals surface area (Å²) in [6, 6.07) is 4.46. The summed E-state index contributed by atoms with van der Waals surface area (Å²) in [6.07, 6.45) is 0.941. The molecule has 17 heavy (non-hydrogen) atoms. The van der Waals surface area contributed by atoms with Crippen LogP contribution in [0.4, 0.5) is 11.4 Å². The molecule has 0 aliphatic heterocycles. The zero-order valence-corrected chi connectivity index (χ0v) is 10.6. The van der Waals surface area contributed by atoms with Gasteiger partial charge in [-0.1, -0.05) is 0 Å². The van der Waals surface area contributed by atoms with Crippen LogP contribution in [0.15, 0.2) is 22.7 Å². The van der Waals surface area contributed by atoms with Crippen molar-refractivity contribution < 1.29 is 9.72 Å². The average Bonchev–Trinajstić information content (AvgIpc) is 2.25. The van der Waals surface area contributed by atoms with Gasteiger partial charge in [0.25, 0.3) is 5.69 Å². The highest BCUT2D eigenvalue weighted by Crippen LogP contribution is 2.26. The van der Waals surface area contributed by atoms with Crippen molar-refractivity contribution >= 4 is 33.2 Å². The van der Waals surface area contributed by atoms with E-state index >= 15 is 0 Å². The van der Waals surface area contributed by atoms with Gasteiger partial charge in [-0.2, -0.15) is 0 Å². The number of halogens is 1. The van der Waals surface area contributed by atoms with Gasteiger partial charge in [-0.15, -0.1) is 0 Å². The fourth-order valence-corrected chi connectivity index (χ4v) is 1.75. The molecule has 0 fully saturated rings. The number of benzene rings is 1. The third kappa shape index (κ3) is 4.39. The van der Waals surface area contributed by atoms with Crippen molar-refractivity contribution in [1.29, 1.82) is 0 Å². The zero-order valence-electron chi connectivity index (χ0n) is 8.98. The second-order valence-corrected chi connectivity index (χ2v) is 4.27. The lowest BCUT2D eigenvalue weighted by Crippen LogP contribution is -2.12. The van der Waals surface area contributed by atoms with Crippen molar-refractivity contribution in [3.8, 4) is 0 Å². The van der Waals surface area contributed by atoms with Gasteiger partial charge in [0, 0.05) is 35.3 Å². The Morgan fingerprint density at radius 1 is 1.53 bits per heavy atom. The zero-order chi connectivity index (χ0) is 12.8. The highest BCUT2D eigenvalue weighted by atomic mass is 79.9. The number of nitro benzene ring substituents is 1. The molecule has 3 N–H and O–H groups in total. The highest BCUT2D eigenvalue weighted by molar-refractivity contribution is 9.10. The molecule has 1 rings (SSSR count). The number of anilines is 1. The van der Waals surface area contributed by atoms with Crippen LogP contribution in [0.2, 0.25) is 0 Å². The fraction of sp³-hybridized carbons (Fsp3) is 0.300. The number of hydrogen-bond acceptors (Lipinski definition) is 4. The van der Waals surface area contributed by atoms with Crippen LogP contribution in [0, 0.1) is 10.1 Å². The summed E-state index contributed by atoms with van der Waals surface area (Å²) in [6.45, 7) is 0.583. The first-order chi connectivity index (χ1) is 8.00. The topological polar surface area (TPSA) is 98.3 Å². The molecule has 1 aromatic rings. The second kappa shape index (κ2) is 6.19. The van der Waals surface area contributed by atoms with E-state index in [1.807, 2.05) is 0 Å². The smallest absolute Gasteiger partial charge is 0.270 e. The Labute approximate surface area is 106 Å². The Balaban J connectivity index is 2.54. The molecule has 92 valence electrons. The minimum atomic E-state index is -0.457. The number of amides is 1. The minimum absolute atomic E-state index is 0.0274. The number of nitro groups is 1. The molecule has 0 saturated heterocycles. The molecule has 1 aromatic carbocycles. The van der Waals surface area contributed by atoms with Crippen molar-refractivity contribution in [1.82, 2.24) is 0 Å². The van der Waals surface area contributed by atoms with Crippen LogP contribution in [0.1, 0.15) is 12.8 Å². The molecular formula is C10H12BrN3O3. The summed E-state index contributed by atoms with van der Waals surface area (Å²) in [5, 5.41) is 13.6. The van der Waals surface area contributed by atoms with Gasteiger partial charge >= 0.3 is 0 Å². The maximum Gasteiger partial charge on any atom is 0.270 e. The molecule has 0 radical (unpaired) electrons. The van der Waals surface area contributed by atoms with Crippen molar-refractivity contribution in [2.75, 3.05) is 11.9 Å². The van der Waals surface area contributed by atoms with E-state index in [2.05, 4.69) is 21.2 Å². The standard InChI is InChI=1S/C10H12BrN3O3/c11-8-6-7(14(16)17)3-4-9(8)13-5-1-2-10(12)15/h3-4,6,13H,1-2,5H2,(H2,12,15). The van der Waals surface area contributed by atoms with Crippen molar-refractivity contribution in [3.63, 3.8) is 0 Å². The van der Waals surface area contributed by atoms with Gasteiger partial charge < -0.3 is 11.1 Å². The number of nitrogens with one attached hydrogen (secondary N) is 1. The van der Waals surface area contributed by atoms with Gasteiger partial charge in [0.2, 0.25) is 5.91 Å². The Morgan fingerprint density at radius 2 is 2.24 bits per heavy atom. The first-order valence-corrected chi connectivity index (χ1v) is 5.76. The number of hydrogen-bond donors (Lipinski definition) is 2. The number of carbonyl (C=O) groups excluding carboxylic acids is 1. The van der Waals surface area contributed by atoms with Crippen LogP contribution in [0.5, 0.6) is 0 Å². The lowest BCUT2D eigenvalue weighted by molar-refractivity contribution is -0.384. The molecule has 0 aliphatic rings. The van der Waals surface area contributed by atoms with Crippen LogP contribution >= 0.6 is 15.9 Å². The monoisotopic (exact) mass is 301 g/mol. The summed E-state index contributed by atoms with van der Waals surface area (Å²) in [5.41, 5.74) is 5.78. The summed E-state index contributed by atoms with van der Waals surface area (Å²) in [7, 11) is 0. The average molecular weight is 302 g/mol. The molecule has 0 spiro atoms. The van der Waals surface area contributed by atoms with E-state index < -0.39 is 4.92 Å². The third-order valence-electron chi connectivity index (χ3n) is 2.08. The van der Waals surface area contributed by atoms with E-state index in [0.29, 0.717) is 23.9 Å². The van der Waals surface area contributed by atoms with Gasteiger partial charge in [-0.3, -0.25) is 14.9 Å². The summed E-state index contributed by atoms with van der Waals surface area (Å²) in [5.74, 6) is -0.338. The summed E-state index contributed by atoms with van der Waals surface area (Å²) < 4.78 is 0.616. The quantitative estimate of drug-likeness (QED) is 0.477. The molecular weight excluding hydrogens is 290 g/mol.